The molecule has 0 aromatic carbocycles. The third-order valence-corrected chi connectivity index (χ3v) is 3.48. The monoisotopic (exact) mass is 227 g/mol. The molecular formula is C12H25N3O. The summed E-state index contributed by atoms with van der Waals surface area (Å²) in [5.41, 5.74) is 5.34. The van der Waals surface area contributed by atoms with Gasteiger partial charge in [-0.15, -0.1) is 0 Å². The molecule has 0 spiro atoms. The van der Waals surface area contributed by atoms with Gasteiger partial charge in [-0.3, -0.25) is 4.79 Å². The fourth-order valence-electron chi connectivity index (χ4n) is 2.35. The fraction of sp³-hybridized carbons (Fsp3) is 0.917. The molecule has 0 aliphatic carbocycles. The number of hydrogen-bond acceptors (Lipinski definition) is 3. The molecule has 0 aromatic heterocycles. The van der Waals surface area contributed by atoms with Gasteiger partial charge >= 0.3 is 0 Å². The number of likely N-dealkylation sites (N-methyl/N-ethyl adjacent to an activating group) is 1. The van der Waals surface area contributed by atoms with Gasteiger partial charge in [0.25, 0.3) is 0 Å². The number of nitrogens with zero attached hydrogens (tertiary/aromatic N) is 1. The molecule has 0 saturated carbocycles. The molecule has 1 aliphatic heterocycles. The van der Waals surface area contributed by atoms with Crippen LogP contribution in [0.25, 0.3) is 0 Å². The van der Waals surface area contributed by atoms with Crippen LogP contribution >= 0.6 is 0 Å². The number of rotatable bonds is 7. The average Bonchev–Trinajstić information content (AvgIpc) is 2.71. The summed E-state index contributed by atoms with van der Waals surface area (Å²) in [4.78, 5) is 13.6. The van der Waals surface area contributed by atoms with Crippen LogP contribution < -0.4 is 11.1 Å². The minimum atomic E-state index is -0.229. The Kier molecular flexibility index (Phi) is 5.77. The number of primary amides is 1. The minimum Gasteiger partial charge on any atom is -0.368 e. The first-order valence-electron chi connectivity index (χ1n) is 6.42. The number of nitrogens with one attached hydrogen (secondary N) is 1. The lowest BCUT2D eigenvalue weighted by molar-refractivity contribution is -0.120. The van der Waals surface area contributed by atoms with Gasteiger partial charge in [-0.1, -0.05) is 20.3 Å². The Labute approximate surface area is 98.6 Å². The second-order valence-corrected chi connectivity index (χ2v) is 4.66. The van der Waals surface area contributed by atoms with Crippen molar-refractivity contribution in [3.63, 3.8) is 0 Å². The van der Waals surface area contributed by atoms with Crippen molar-refractivity contribution in [3.05, 3.63) is 0 Å². The Balaban J connectivity index is 2.24. The van der Waals surface area contributed by atoms with Crippen LogP contribution in [0, 0.1) is 5.92 Å². The molecule has 16 heavy (non-hydrogen) atoms. The molecule has 0 aromatic rings. The fourth-order valence-corrected chi connectivity index (χ4v) is 2.35. The van der Waals surface area contributed by atoms with E-state index < -0.39 is 0 Å². The van der Waals surface area contributed by atoms with Gasteiger partial charge < -0.3 is 16.0 Å². The topological polar surface area (TPSA) is 58.4 Å². The smallest absolute Gasteiger partial charge is 0.234 e. The zero-order valence-electron chi connectivity index (χ0n) is 10.5. The van der Waals surface area contributed by atoms with Crippen LogP contribution in [0.2, 0.25) is 0 Å². The van der Waals surface area contributed by atoms with Crippen molar-refractivity contribution < 1.29 is 4.79 Å². The summed E-state index contributed by atoms with van der Waals surface area (Å²) in [6, 6.07) is -0.161. The van der Waals surface area contributed by atoms with Gasteiger partial charge in [0.1, 0.15) is 0 Å². The van der Waals surface area contributed by atoms with Gasteiger partial charge in [-0.05, 0) is 31.8 Å². The molecule has 3 N–H and O–H groups in total. The first-order valence-corrected chi connectivity index (χ1v) is 6.42. The Morgan fingerprint density at radius 2 is 2.31 bits per heavy atom. The lowest BCUT2D eigenvalue weighted by atomic mass is 10.1. The molecule has 2 unspecified atom stereocenters. The molecule has 1 heterocycles. The van der Waals surface area contributed by atoms with Crippen LogP contribution in [0.4, 0.5) is 0 Å². The van der Waals surface area contributed by atoms with E-state index in [2.05, 4.69) is 17.1 Å². The van der Waals surface area contributed by atoms with Gasteiger partial charge in [-0.25, -0.2) is 0 Å². The van der Waals surface area contributed by atoms with Crippen LogP contribution in [-0.2, 0) is 4.79 Å². The Morgan fingerprint density at radius 1 is 1.56 bits per heavy atom. The number of nitrogens with two attached hydrogens (primary N) is 1. The van der Waals surface area contributed by atoms with Crippen molar-refractivity contribution >= 4 is 5.91 Å². The molecule has 1 amide bonds. The number of carbonyl (C=O) groups is 1. The van der Waals surface area contributed by atoms with Gasteiger partial charge in [0.2, 0.25) is 5.91 Å². The third kappa shape index (κ3) is 4.10. The van der Waals surface area contributed by atoms with Gasteiger partial charge in [0.15, 0.2) is 0 Å². The number of carbonyl (C=O) groups excluding carboxylic acids is 1. The van der Waals surface area contributed by atoms with Crippen molar-refractivity contribution in [1.29, 1.82) is 0 Å². The molecule has 4 nitrogen and oxygen atoms in total. The number of amides is 1. The predicted molar refractivity (Wildman–Crippen MR) is 66.1 cm³/mol. The first kappa shape index (κ1) is 13.5. The second-order valence-electron chi connectivity index (χ2n) is 4.66. The van der Waals surface area contributed by atoms with Gasteiger partial charge in [-0.2, -0.15) is 0 Å². The Morgan fingerprint density at radius 3 is 2.81 bits per heavy atom. The molecule has 0 bridgehead atoms. The maximum Gasteiger partial charge on any atom is 0.234 e. The lowest BCUT2D eigenvalue weighted by Gasteiger charge is -2.19. The van der Waals surface area contributed by atoms with Crippen LogP contribution in [0.5, 0.6) is 0 Å². The molecule has 94 valence electrons. The van der Waals surface area contributed by atoms with Gasteiger partial charge in [0.05, 0.1) is 6.04 Å². The highest BCUT2D eigenvalue weighted by Gasteiger charge is 2.22. The highest BCUT2D eigenvalue weighted by Crippen LogP contribution is 2.19. The Hall–Kier alpha value is -0.610. The first-order chi connectivity index (χ1) is 7.67. The van der Waals surface area contributed by atoms with Crippen molar-refractivity contribution in [3.8, 4) is 0 Å². The molecule has 2 atom stereocenters. The molecular weight excluding hydrogens is 202 g/mol. The standard InChI is InChI=1S/C12H25N3O/c1-3-10-5-7-15(9-10)8-6-11(12(13)16)14-4-2/h10-11,14H,3-9H2,1-2H3,(H2,13,16). The third-order valence-electron chi connectivity index (χ3n) is 3.48. The van der Waals surface area contributed by atoms with E-state index in [1.165, 1.54) is 25.9 Å². The average molecular weight is 227 g/mol. The highest BCUT2D eigenvalue weighted by atomic mass is 16.1. The van der Waals surface area contributed by atoms with Crippen LogP contribution in [0.3, 0.4) is 0 Å². The molecule has 1 aliphatic rings. The second kappa shape index (κ2) is 6.86. The molecule has 0 radical (unpaired) electrons. The summed E-state index contributed by atoms with van der Waals surface area (Å²) in [6.45, 7) is 8.39. The van der Waals surface area contributed by atoms with E-state index >= 15 is 0 Å². The van der Waals surface area contributed by atoms with Crippen molar-refractivity contribution in [2.75, 3.05) is 26.2 Å². The van der Waals surface area contributed by atoms with E-state index in [9.17, 15) is 4.79 Å². The van der Waals surface area contributed by atoms with Crippen LogP contribution in [-0.4, -0.2) is 43.0 Å². The van der Waals surface area contributed by atoms with Crippen molar-refractivity contribution in [2.45, 2.75) is 39.2 Å². The summed E-state index contributed by atoms with van der Waals surface area (Å²) in [7, 11) is 0. The van der Waals surface area contributed by atoms with Crippen LogP contribution in [0.15, 0.2) is 0 Å². The quantitative estimate of drug-likeness (QED) is 0.668. The minimum absolute atomic E-state index is 0.161. The van der Waals surface area contributed by atoms with E-state index in [0.29, 0.717) is 0 Å². The lowest BCUT2D eigenvalue weighted by Crippen LogP contribution is -2.43. The Bertz CT molecular complexity index is 220. The van der Waals surface area contributed by atoms with Crippen LogP contribution in [0.1, 0.15) is 33.1 Å². The summed E-state index contributed by atoms with van der Waals surface area (Å²) in [5, 5.41) is 3.13. The van der Waals surface area contributed by atoms with Crippen molar-refractivity contribution in [1.82, 2.24) is 10.2 Å². The maximum absolute atomic E-state index is 11.2. The maximum atomic E-state index is 11.2. The van der Waals surface area contributed by atoms with E-state index in [-0.39, 0.29) is 11.9 Å². The normalized spacial score (nSPS) is 23.5. The molecule has 4 heteroatoms. The zero-order chi connectivity index (χ0) is 12.0. The summed E-state index contributed by atoms with van der Waals surface area (Å²) < 4.78 is 0. The van der Waals surface area contributed by atoms with Crippen molar-refractivity contribution in [2.24, 2.45) is 11.7 Å². The zero-order valence-corrected chi connectivity index (χ0v) is 10.5. The predicted octanol–water partition coefficient (Wildman–Crippen LogP) is 0.572. The largest absolute Gasteiger partial charge is 0.368 e. The molecule has 1 rings (SSSR count). The molecule has 1 fully saturated rings. The highest BCUT2D eigenvalue weighted by molar-refractivity contribution is 5.79. The van der Waals surface area contributed by atoms with Gasteiger partial charge in [0, 0.05) is 13.1 Å². The van der Waals surface area contributed by atoms with E-state index in [1.54, 1.807) is 0 Å². The summed E-state index contributed by atoms with van der Waals surface area (Å²) in [5.74, 6) is 0.624. The number of hydrogen-bond donors (Lipinski definition) is 2. The van der Waals surface area contributed by atoms with E-state index in [4.69, 9.17) is 5.73 Å². The van der Waals surface area contributed by atoms with E-state index in [1.807, 2.05) is 6.92 Å². The SMILES string of the molecule is CCNC(CCN1CCC(CC)C1)C(N)=O. The summed E-state index contributed by atoms with van der Waals surface area (Å²) in [6.07, 6.45) is 3.40. The summed E-state index contributed by atoms with van der Waals surface area (Å²) >= 11 is 0. The van der Waals surface area contributed by atoms with E-state index in [0.717, 1.165) is 25.4 Å². The molecule has 1 saturated heterocycles. The number of likely N-dealkylation sites (tertiary alicyclic amines) is 1.